The van der Waals surface area contributed by atoms with Crippen LogP contribution in [0.4, 0.5) is 0 Å². The van der Waals surface area contributed by atoms with Gasteiger partial charge in [0, 0.05) is 27.2 Å². The van der Waals surface area contributed by atoms with Crippen molar-refractivity contribution in [2.24, 2.45) is 0 Å². The van der Waals surface area contributed by atoms with Crippen molar-refractivity contribution in [3.63, 3.8) is 0 Å². The number of carbonyl (C=O) groups is 4. The highest BCUT2D eigenvalue weighted by atomic mass is 16.9. The van der Waals surface area contributed by atoms with Crippen LogP contribution in [0.25, 0.3) is 0 Å². The van der Waals surface area contributed by atoms with Gasteiger partial charge in [-0.3, -0.25) is 19.2 Å². The molecule has 0 saturated heterocycles. The minimum atomic E-state index is -1.99. The van der Waals surface area contributed by atoms with Gasteiger partial charge >= 0.3 is 29.9 Å². The predicted molar refractivity (Wildman–Crippen MR) is 136 cm³/mol. The first-order valence-electron chi connectivity index (χ1n) is 13.6. The van der Waals surface area contributed by atoms with Crippen molar-refractivity contribution in [1.29, 1.82) is 0 Å². The van der Waals surface area contributed by atoms with Gasteiger partial charge < -0.3 is 29.2 Å². The van der Waals surface area contributed by atoms with Crippen LogP contribution < -0.4 is 0 Å². The van der Waals surface area contributed by atoms with E-state index < -0.39 is 36.6 Å². The zero-order chi connectivity index (χ0) is 27.9. The van der Waals surface area contributed by atoms with E-state index in [4.69, 9.17) is 29.2 Å². The summed E-state index contributed by atoms with van der Waals surface area (Å²) in [4.78, 5) is 45.7. The van der Waals surface area contributed by atoms with E-state index in [1.807, 2.05) is 0 Å². The summed E-state index contributed by atoms with van der Waals surface area (Å²) >= 11 is 0. The van der Waals surface area contributed by atoms with E-state index >= 15 is 0 Å². The van der Waals surface area contributed by atoms with Crippen LogP contribution in [-0.4, -0.2) is 59.4 Å². The van der Waals surface area contributed by atoms with E-state index in [2.05, 4.69) is 0 Å². The third-order valence-electron chi connectivity index (χ3n) is 5.66. The van der Waals surface area contributed by atoms with Gasteiger partial charge in [0.2, 0.25) is 0 Å². The first-order chi connectivity index (χ1) is 17.6. The molecule has 0 aliphatic carbocycles. The fourth-order valence-electron chi connectivity index (χ4n) is 3.92. The van der Waals surface area contributed by atoms with Gasteiger partial charge in [-0.15, -0.1) is 0 Å². The lowest BCUT2D eigenvalue weighted by Gasteiger charge is -2.30. The number of hydrogen-bond acceptors (Lipinski definition) is 10. The Kier molecular flexibility index (Phi) is 20.5. The maximum Gasteiger partial charge on any atom is 0.423 e. The van der Waals surface area contributed by atoms with Crippen LogP contribution in [0.1, 0.15) is 124 Å². The monoisotopic (exact) mass is 532 g/mol. The number of rotatable bonds is 23. The molecule has 0 radical (unpaired) electrons. The summed E-state index contributed by atoms with van der Waals surface area (Å²) in [7, 11) is 0. The quantitative estimate of drug-likeness (QED) is 0.110. The number of carbonyl (C=O) groups excluding carboxylic acids is 4. The van der Waals surface area contributed by atoms with E-state index in [9.17, 15) is 19.2 Å². The Morgan fingerprint density at radius 1 is 0.622 bits per heavy atom. The van der Waals surface area contributed by atoms with Gasteiger partial charge in [0.25, 0.3) is 0 Å². The van der Waals surface area contributed by atoms with Crippen molar-refractivity contribution in [2.75, 3.05) is 13.2 Å². The topological polar surface area (TPSA) is 146 Å². The van der Waals surface area contributed by atoms with E-state index in [0.29, 0.717) is 12.8 Å². The number of aliphatic hydroxyl groups excluding tert-OH is 2. The van der Waals surface area contributed by atoms with Crippen molar-refractivity contribution < 1.29 is 48.3 Å². The number of ether oxygens (including phenoxy) is 4. The summed E-state index contributed by atoms with van der Waals surface area (Å²) in [6.07, 6.45) is 14.2. The molecule has 1 atom stereocenters. The van der Waals surface area contributed by atoms with Gasteiger partial charge in [0.1, 0.15) is 12.7 Å². The maximum absolute atomic E-state index is 11.5. The second kappa shape index (κ2) is 21.8. The third kappa shape index (κ3) is 21.6. The molecule has 0 heterocycles. The molecule has 0 amide bonds. The van der Waals surface area contributed by atoms with Gasteiger partial charge in [-0.1, -0.05) is 77.0 Å². The van der Waals surface area contributed by atoms with Crippen molar-refractivity contribution in [3.8, 4) is 0 Å². The Morgan fingerprint density at radius 2 is 0.973 bits per heavy atom. The number of esters is 4. The van der Waals surface area contributed by atoms with E-state index in [-0.39, 0.29) is 19.0 Å². The van der Waals surface area contributed by atoms with Crippen LogP contribution in [0.3, 0.4) is 0 Å². The highest BCUT2D eigenvalue weighted by molar-refractivity contribution is 5.70. The lowest BCUT2D eigenvalue weighted by molar-refractivity contribution is -0.330. The Hall–Kier alpha value is -2.20. The molecular weight excluding hydrogens is 484 g/mol. The van der Waals surface area contributed by atoms with Crippen LogP contribution in [-0.2, 0) is 38.1 Å². The van der Waals surface area contributed by atoms with Crippen molar-refractivity contribution in [2.45, 2.75) is 136 Å². The molecule has 0 saturated carbocycles. The standard InChI is InChI=1S/C27H48O10/c1-22(29)35-27(36-23(2)30,37-24(3)31)19-17-15-13-11-9-7-5-4-6-8-10-12-14-16-18-26(33)34-21-25(32)20-28/h25,28,32H,4-21H2,1-3H3. The summed E-state index contributed by atoms with van der Waals surface area (Å²) < 4.78 is 20.0. The average molecular weight is 533 g/mol. The van der Waals surface area contributed by atoms with Crippen molar-refractivity contribution in [1.82, 2.24) is 0 Å². The van der Waals surface area contributed by atoms with Crippen molar-refractivity contribution >= 4 is 23.9 Å². The summed E-state index contributed by atoms with van der Waals surface area (Å²) in [6, 6.07) is 0. The molecule has 0 rings (SSSR count). The van der Waals surface area contributed by atoms with Crippen LogP contribution in [0.2, 0.25) is 0 Å². The summed E-state index contributed by atoms with van der Waals surface area (Å²) in [5.41, 5.74) is 0. The van der Waals surface area contributed by atoms with Gasteiger partial charge in [0.05, 0.1) is 13.0 Å². The second-order valence-electron chi connectivity index (χ2n) is 9.43. The third-order valence-corrected chi connectivity index (χ3v) is 5.66. The molecule has 0 spiro atoms. The lowest BCUT2D eigenvalue weighted by atomic mass is 10.0. The van der Waals surface area contributed by atoms with Gasteiger partial charge in [-0.05, 0) is 12.8 Å². The SMILES string of the molecule is CC(=O)OC(CCCCCCCCCCCCCCCCC(=O)OCC(O)CO)(OC(C)=O)OC(C)=O. The zero-order valence-corrected chi connectivity index (χ0v) is 23.0. The highest BCUT2D eigenvalue weighted by Gasteiger charge is 2.41. The minimum Gasteiger partial charge on any atom is -0.463 e. The molecule has 37 heavy (non-hydrogen) atoms. The van der Waals surface area contributed by atoms with Crippen LogP contribution in [0.5, 0.6) is 0 Å². The van der Waals surface area contributed by atoms with Crippen LogP contribution >= 0.6 is 0 Å². The molecular formula is C27H48O10. The molecule has 0 bridgehead atoms. The predicted octanol–water partition coefficient (Wildman–Crippen LogP) is 4.47. The molecule has 10 nitrogen and oxygen atoms in total. The van der Waals surface area contributed by atoms with E-state index in [1.165, 1.54) is 52.9 Å². The second-order valence-corrected chi connectivity index (χ2v) is 9.43. The first kappa shape index (κ1) is 34.8. The molecule has 0 aromatic rings. The molecule has 10 heteroatoms. The molecule has 0 fully saturated rings. The molecule has 216 valence electrons. The fraction of sp³-hybridized carbons (Fsp3) is 0.852. The van der Waals surface area contributed by atoms with Gasteiger partial charge in [0.15, 0.2) is 0 Å². The Bertz CT molecular complexity index is 608. The first-order valence-corrected chi connectivity index (χ1v) is 13.6. The summed E-state index contributed by atoms with van der Waals surface area (Å²) in [5.74, 6) is -4.40. The highest BCUT2D eigenvalue weighted by Crippen LogP contribution is 2.25. The number of aliphatic hydroxyl groups is 2. The fourth-order valence-corrected chi connectivity index (χ4v) is 3.92. The summed E-state index contributed by atoms with van der Waals surface area (Å²) in [5, 5.41) is 17.8. The van der Waals surface area contributed by atoms with Gasteiger partial charge in [-0.2, -0.15) is 0 Å². The average Bonchev–Trinajstić information content (AvgIpc) is 2.80. The largest absolute Gasteiger partial charge is 0.463 e. The molecule has 0 aliphatic rings. The van der Waals surface area contributed by atoms with E-state index in [1.54, 1.807) is 0 Å². The zero-order valence-electron chi connectivity index (χ0n) is 23.0. The van der Waals surface area contributed by atoms with Crippen molar-refractivity contribution in [3.05, 3.63) is 0 Å². The maximum atomic E-state index is 11.5. The normalized spacial score (nSPS) is 12.0. The number of hydrogen-bond donors (Lipinski definition) is 2. The van der Waals surface area contributed by atoms with Gasteiger partial charge in [-0.25, -0.2) is 0 Å². The molecule has 0 aromatic carbocycles. The van der Waals surface area contributed by atoms with Crippen LogP contribution in [0.15, 0.2) is 0 Å². The molecule has 1 unspecified atom stereocenters. The number of unbranched alkanes of at least 4 members (excludes halogenated alkanes) is 13. The lowest BCUT2D eigenvalue weighted by Crippen LogP contribution is -2.43. The molecule has 0 aromatic heterocycles. The Labute approximate surface area is 221 Å². The van der Waals surface area contributed by atoms with E-state index in [0.717, 1.165) is 51.4 Å². The molecule has 0 aliphatic heterocycles. The summed E-state index contributed by atoms with van der Waals surface area (Å²) in [6.45, 7) is 2.94. The Morgan fingerprint density at radius 3 is 1.32 bits per heavy atom. The minimum absolute atomic E-state index is 0.102. The van der Waals surface area contributed by atoms with Crippen LogP contribution in [0, 0.1) is 0 Å². The molecule has 2 N–H and O–H groups in total. The smallest absolute Gasteiger partial charge is 0.423 e. The Balaban J connectivity index is 3.71.